The Morgan fingerprint density at radius 1 is 0.533 bits per heavy atom. The topological polar surface area (TPSA) is 43.4 Å². The van der Waals surface area contributed by atoms with Crippen LogP contribution in [0.2, 0.25) is 0 Å². The number of rotatable bonds is 25. The van der Waals surface area contributed by atoms with Gasteiger partial charge in [-0.25, -0.2) is 0 Å². The average molecular weight is 451 g/mol. The number of hydrogen-bond donors (Lipinski definition) is 0. The van der Waals surface area contributed by atoms with Gasteiger partial charge in [0, 0.05) is 0 Å². The lowest BCUT2D eigenvalue weighted by molar-refractivity contribution is 0.305. The van der Waals surface area contributed by atoms with E-state index < -0.39 is 10.1 Å². The molecule has 0 N–H and O–H groups in total. The van der Waals surface area contributed by atoms with E-state index in [0.29, 0.717) is 19.4 Å². The van der Waals surface area contributed by atoms with Gasteiger partial charge < -0.3 is 0 Å². The van der Waals surface area contributed by atoms with Crippen LogP contribution in [0.4, 0.5) is 4.39 Å². The lowest BCUT2D eigenvalue weighted by Gasteiger charge is -2.06. The van der Waals surface area contributed by atoms with Gasteiger partial charge in [0.15, 0.2) is 0 Å². The fraction of sp³-hybridized carbons (Fsp3) is 1.00. The van der Waals surface area contributed by atoms with Crippen LogP contribution in [0.1, 0.15) is 142 Å². The summed E-state index contributed by atoms with van der Waals surface area (Å²) in [5, 5.41) is 0. The molecule has 0 rings (SSSR count). The third kappa shape index (κ3) is 24.1. The molecule has 0 aromatic heterocycles. The van der Waals surface area contributed by atoms with E-state index in [1.165, 1.54) is 70.6 Å². The minimum Gasteiger partial charge on any atom is -0.270 e. The average Bonchev–Trinajstić information content (AvgIpc) is 2.72. The molecule has 0 saturated carbocycles. The van der Waals surface area contributed by atoms with E-state index in [2.05, 4.69) is 6.92 Å². The highest BCUT2D eigenvalue weighted by molar-refractivity contribution is 7.86. The Morgan fingerprint density at radius 3 is 1.33 bits per heavy atom. The van der Waals surface area contributed by atoms with Crippen LogP contribution < -0.4 is 0 Å². The van der Waals surface area contributed by atoms with Gasteiger partial charge in [0.05, 0.1) is 19.0 Å². The third-order valence-electron chi connectivity index (χ3n) is 5.79. The van der Waals surface area contributed by atoms with Crippen molar-refractivity contribution < 1.29 is 17.0 Å². The van der Waals surface area contributed by atoms with Crippen molar-refractivity contribution in [1.29, 1.82) is 0 Å². The van der Waals surface area contributed by atoms with E-state index in [1.807, 2.05) is 0 Å². The first-order valence-corrected chi connectivity index (χ1v) is 14.6. The molecule has 0 fully saturated rings. The monoisotopic (exact) mass is 450 g/mol. The molecule has 0 saturated heterocycles. The number of unbranched alkanes of at least 4 members (excludes halogenated alkanes) is 19. The van der Waals surface area contributed by atoms with Gasteiger partial charge in [-0.15, -0.1) is 0 Å². The molecule has 0 aliphatic rings. The Bertz CT molecular complexity index is 426. The molecular formula is C25H51FO3S. The minimum atomic E-state index is -3.34. The van der Waals surface area contributed by atoms with Crippen molar-refractivity contribution >= 4 is 10.1 Å². The van der Waals surface area contributed by atoms with Crippen LogP contribution in [-0.4, -0.2) is 27.5 Å². The van der Waals surface area contributed by atoms with Crippen LogP contribution in [0.15, 0.2) is 0 Å². The summed E-state index contributed by atoms with van der Waals surface area (Å²) >= 11 is 0. The van der Waals surface area contributed by atoms with E-state index in [4.69, 9.17) is 4.18 Å². The first-order valence-electron chi connectivity index (χ1n) is 13.1. The summed E-state index contributed by atoms with van der Waals surface area (Å²) in [6.45, 7) is 2.39. The standard InChI is InChI=1S/C25H51FO3S/c1-2-3-4-5-6-7-8-9-10-12-15-18-21-24-29-30(27,28)25-22-19-16-13-11-14-17-20-23-26/h2-25H2,1H3. The fourth-order valence-electron chi connectivity index (χ4n) is 3.80. The first-order chi connectivity index (χ1) is 14.6. The van der Waals surface area contributed by atoms with Gasteiger partial charge >= 0.3 is 0 Å². The zero-order chi connectivity index (χ0) is 22.2. The predicted octanol–water partition coefficient (Wildman–Crippen LogP) is 8.51. The molecule has 0 aromatic rings. The number of alkyl halides is 1. The lowest BCUT2D eigenvalue weighted by Crippen LogP contribution is -2.11. The Labute approximate surface area is 188 Å². The molecule has 0 aromatic carbocycles. The van der Waals surface area contributed by atoms with E-state index in [9.17, 15) is 12.8 Å². The van der Waals surface area contributed by atoms with Gasteiger partial charge in [-0.05, 0) is 19.3 Å². The first kappa shape index (κ1) is 29.8. The van der Waals surface area contributed by atoms with Crippen LogP contribution in [0.5, 0.6) is 0 Å². The summed E-state index contributed by atoms with van der Waals surface area (Å²) in [6, 6.07) is 0. The smallest absolute Gasteiger partial charge is 0.267 e. The highest BCUT2D eigenvalue weighted by Gasteiger charge is 2.10. The largest absolute Gasteiger partial charge is 0.270 e. The Kier molecular flexibility index (Phi) is 23.4. The molecule has 0 aliphatic carbocycles. The van der Waals surface area contributed by atoms with Crippen molar-refractivity contribution in [3.8, 4) is 0 Å². The van der Waals surface area contributed by atoms with E-state index in [-0.39, 0.29) is 12.4 Å². The van der Waals surface area contributed by atoms with Gasteiger partial charge in [0.25, 0.3) is 10.1 Å². The second-order valence-corrected chi connectivity index (χ2v) is 10.6. The van der Waals surface area contributed by atoms with E-state index in [1.54, 1.807) is 0 Å². The van der Waals surface area contributed by atoms with Crippen molar-refractivity contribution in [3.05, 3.63) is 0 Å². The molecule has 0 amide bonds. The van der Waals surface area contributed by atoms with Crippen molar-refractivity contribution in [1.82, 2.24) is 0 Å². The molecule has 0 radical (unpaired) electrons. The second kappa shape index (κ2) is 23.5. The van der Waals surface area contributed by atoms with Gasteiger partial charge in [-0.2, -0.15) is 8.42 Å². The molecule has 0 aliphatic heterocycles. The van der Waals surface area contributed by atoms with Crippen molar-refractivity contribution in [2.75, 3.05) is 19.0 Å². The molecule has 182 valence electrons. The van der Waals surface area contributed by atoms with Crippen LogP contribution in [-0.2, 0) is 14.3 Å². The van der Waals surface area contributed by atoms with Crippen molar-refractivity contribution in [3.63, 3.8) is 0 Å². The Hall–Kier alpha value is -0.160. The SMILES string of the molecule is CCCCCCCCCCCCCCCOS(=O)(=O)CCCCCCCCCCF. The van der Waals surface area contributed by atoms with Crippen molar-refractivity contribution in [2.45, 2.75) is 142 Å². The highest BCUT2D eigenvalue weighted by Crippen LogP contribution is 2.13. The molecule has 0 unspecified atom stereocenters. The summed E-state index contributed by atoms with van der Waals surface area (Å²) in [6.07, 6.45) is 24.3. The minimum absolute atomic E-state index is 0.146. The van der Waals surface area contributed by atoms with E-state index >= 15 is 0 Å². The zero-order valence-corrected chi connectivity index (χ0v) is 20.8. The molecule has 0 atom stereocenters. The summed E-state index contributed by atoms with van der Waals surface area (Å²) < 4.78 is 40.9. The Morgan fingerprint density at radius 2 is 0.900 bits per heavy atom. The van der Waals surface area contributed by atoms with Gasteiger partial charge in [0.1, 0.15) is 0 Å². The molecule has 30 heavy (non-hydrogen) atoms. The molecule has 3 nitrogen and oxygen atoms in total. The van der Waals surface area contributed by atoms with Crippen LogP contribution in [0.25, 0.3) is 0 Å². The van der Waals surface area contributed by atoms with Gasteiger partial charge in [-0.3, -0.25) is 8.57 Å². The zero-order valence-electron chi connectivity index (χ0n) is 20.0. The second-order valence-electron chi connectivity index (χ2n) is 8.84. The summed E-state index contributed by atoms with van der Waals surface area (Å²) in [7, 11) is -3.34. The van der Waals surface area contributed by atoms with Gasteiger partial charge in [0.2, 0.25) is 0 Å². The van der Waals surface area contributed by atoms with Crippen molar-refractivity contribution in [2.24, 2.45) is 0 Å². The maximum Gasteiger partial charge on any atom is 0.267 e. The molecular weight excluding hydrogens is 399 g/mol. The van der Waals surface area contributed by atoms with Crippen LogP contribution in [0.3, 0.4) is 0 Å². The fourth-order valence-corrected chi connectivity index (χ4v) is 4.85. The molecule has 0 bridgehead atoms. The quantitative estimate of drug-likeness (QED) is 0.103. The molecule has 5 heteroatoms. The molecule has 0 heterocycles. The summed E-state index contributed by atoms with van der Waals surface area (Å²) in [4.78, 5) is 0. The maximum atomic E-state index is 12.0. The Balaban J connectivity index is 3.30. The number of hydrogen-bond acceptors (Lipinski definition) is 3. The molecule has 0 spiro atoms. The third-order valence-corrected chi connectivity index (χ3v) is 7.10. The number of halogens is 1. The predicted molar refractivity (Wildman–Crippen MR) is 128 cm³/mol. The maximum absolute atomic E-state index is 12.0. The normalized spacial score (nSPS) is 11.9. The van der Waals surface area contributed by atoms with E-state index in [0.717, 1.165) is 51.4 Å². The summed E-state index contributed by atoms with van der Waals surface area (Å²) in [5.41, 5.74) is 0. The van der Waals surface area contributed by atoms with Gasteiger partial charge in [-0.1, -0.05) is 122 Å². The summed E-state index contributed by atoms with van der Waals surface area (Å²) in [5.74, 6) is 0.146. The lowest BCUT2D eigenvalue weighted by atomic mass is 10.0. The van der Waals surface area contributed by atoms with Crippen LogP contribution >= 0.6 is 0 Å². The van der Waals surface area contributed by atoms with Crippen LogP contribution in [0, 0.1) is 0 Å². The highest BCUT2D eigenvalue weighted by atomic mass is 32.2.